The van der Waals surface area contributed by atoms with Crippen LogP contribution in [0.1, 0.15) is 25.0 Å². The Balaban J connectivity index is 1.91. The summed E-state index contributed by atoms with van der Waals surface area (Å²) in [5.74, 6) is -0.423. The second kappa shape index (κ2) is 11.5. The van der Waals surface area contributed by atoms with E-state index in [0.717, 1.165) is 11.8 Å². The zero-order valence-corrected chi connectivity index (χ0v) is 18.6. The van der Waals surface area contributed by atoms with Crippen LogP contribution in [-0.4, -0.2) is 45.9 Å². The Kier molecular flexibility index (Phi) is 9.02. The molecular formula is C22H27NO7S. The number of anilines is 1. The van der Waals surface area contributed by atoms with Gasteiger partial charge < -0.3 is 19.0 Å². The Morgan fingerprint density at radius 3 is 2.10 bits per heavy atom. The van der Waals surface area contributed by atoms with Gasteiger partial charge in [0, 0.05) is 18.7 Å². The molecule has 8 nitrogen and oxygen atoms in total. The fourth-order valence-corrected chi connectivity index (χ4v) is 3.27. The Morgan fingerprint density at radius 1 is 0.935 bits per heavy atom. The third kappa shape index (κ3) is 8.77. The van der Waals surface area contributed by atoms with E-state index in [-0.39, 0.29) is 18.1 Å². The normalized spacial score (nSPS) is 12.1. The fraction of sp³-hybridized carbons (Fsp3) is 0.364. The summed E-state index contributed by atoms with van der Waals surface area (Å²) in [5.41, 5.74) is 2.21. The molecule has 1 unspecified atom stereocenters. The van der Waals surface area contributed by atoms with E-state index in [9.17, 15) is 18.0 Å². The van der Waals surface area contributed by atoms with Crippen molar-refractivity contribution in [1.82, 2.24) is 0 Å². The van der Waals surface area contributed by atoms with Crippen molar-refractivity contribution in [2.75, 3.05) is 24.8 Å². The van der Waals surface area contributed by atoms with Crippen LogP contribution in [0.15, 0.2) is 48.5 Å². The standard InChI is InChI=1S/C22H27NO7S/c1-4-28-20(22(25)29-5-2)14-16-6-10-18(11-7-16)23-21(24)15-17-8-12-19(13-9-17)30-31(3,26)27/h6-13,20H,4-5,14-15H2,1-3H3,(H,23,24). The zero-order valence-electron chi connectivity index (χ0n) is 17.8. The molecule has 1 N–H and O–H groups in total. The minimum atomic E-state index is -3.59. The first kappa shape index (κ1) is 24.4. The maximum absolute atomic E-state index is 12.3. The van der Waals surface area contributed by atoms with Crippen LogP contribution in [0.25, 0.3) is 0 Å². The van der Waals surface area contributed by atoms with Crippen molar-refractivity contribution in [3.8, 4) is 5.75 Å². The van der Waals surface area contributed by atoms with E-state index < -0.39 is 22.2 Å². The highest BCUT2D eigenvalue weighted by atomic mass is 32.2. The van der Waals surface area contributed by atoms with Crippen molar-refractivity contribution < 1.29 is 31.7 Å². The van der Waals surface area contributed by atoms with Crippen molar-refractivity contribution in [3.63, 3.8) is 0 Å². The van der Waals surface area contributed by atoms with Gasteiger partial charge in [0.2, 0.25) is 5.91 Å². The molecule has 0 heterocycles. The van der Waals surface area contributed by atoms with Crippen LogP contribution in [0.3, 0.4) is 0 Å². The molecule has 0 saturated carbocycles. The molecule has 0 bridgehead atoms. The van der Waals surface area contributed by atoms with E-state index in [1.54, 1.807) is 31.2 Å². The number of carbonyl (C=O) groups is 2. The van der Waals surface area contributed by atoms with Gasteiger partial charge in [0.25, 0.3) is 0 Å². The first-order chi connectivity index (χ1) is 14.7. The molecule has 0 aliphatic carbocycles. The monoisotopic (exact) mass is 449 g/mol. The van der Waals surface area contributed by atoms with Gasteiger partial charge in [-0.1, -0.05) is 24.3 Å². The van der Waals surface area contributed by atoms with E-state index >= 15 is 0 Å². The van der Waals surface area contributed by atoms with Gasteiger partial charge in [-0.05, 0) is 49.2 Å². The molecule has 0 radical (unpaired) electrons. The molecule has 0 aromatic heterocycles. The van der Waals surface area contributed by atoms with Gasteiger partial charge in [-0.25, -0.2) is 4.79 Å². The first-order valence-electron chi connectivity index (χ1n) is 9.85. The predicted octanol–water partition coefficient (Wildman–Crippen LogP) is 2.72. The lowest BCUT2D eigenvalue weighted by Crippen LogP contribution is -2.29. The second-order valence-corrected chi connectivity index (χ2v) is 8.33. The van der Waals surface area contributed by atoms with Gasteiger partial charge in [0.05, 0.1) is 19.3 Å². The summed E-state index contributed by atoms with van der Waals surface area (Å²) in [4.78, 5) is 24.3. The van der Waals surface area contributed by atoms with Crippen LogP contribution in [0, 0.1) is 0 Å². The highest BCUT2D eigenvalue weighted by Crippen LogP contribution is 2.16. The van der Waals surface area contributed by atoms with E-state index in [4.69, 9.17) is 13.7 Å². The van der Waals surface area contributed by atoms with Crippen LogP contribution < -0.4 is 9.50 Å². The lowest BCUT2D eigenvalue weighted by molar-refractivity contribution is -0.156. The number of ether oxygens (including phenoxy) is 2. The average molecular weight is 450 g/mol. The second-order valence-electron chi connectivity index (χ2n) is 6.75. The highest BCUT2D eigenvalue weighted by Gasteiger charge is 2.20. The average Bonchev–Trinajstić information content (AvgIpc) is 2.69. The largest absolute Gasteiger partial charge is 0.464 e. The van der Waals surface area contributed by atoms with Crippen molar-refractivity contribution in [3.05, 3.63) is 59.7 Å². The van der Waals surface area contributed by atoms with Gasteiger partial charge in [0.15, 0.2) is 6.10 Å². The van der Waals surface area contributed by atoms with Crippen molar-refractivity contribution in [2.45, 2.75) is 32.8 Å². The predicted molar refractivity (Wildman–Crippen MR) is 116 cm³/mol. The number of nitrogens with one attached hydrogen (secondary N) is 1. The number of benzene rings is 2. The molecule has 1 amide bonds. The minimum absolute atomic E-state index is 0.121. The van der Waals surface area contributed by atoms with Crippen LogP contribution in [0.4, 0.5) is 5.69 Å². The smallest absolute Gasteiger partial charge is 0.335 e. The van der Waals surface area contributed by atoms with Crippen LogP contribution in [0.5, 0.6) is 5.75 Å². The molecule has 2 aromatic carbocycles. The van der Waals surface area contributed by atoms with Gasteiger partial charge in [-0.2, -0.15) is 8.42 Å². The molecule has 2 aromatic rings. The molecular weight excluding hydrogens is 422 g/mol. The van der Waals surface area contributed by atoms with E-state index in [1.807, 2.05) is 19.1 Å². The number of amides is 1. The minimum Gasteiger partial charge on any atom is -0.464 e. The Bertz CT molecular complexity index is 970. The van der Waals surface area contributed by atoms with Crippen molar-refractivity contribution in [1.29, 1.82) is 0 Å². The molecule has 1 atom stereocenters. The van der Waals surface area contributed by atoms with Crippen LogP contribution in [-0.2, 0) is 42.0 Å². The molecule has 9 heteroatoms. The number of rotatable bonds is 11. The molecule has 0 saturated heterocycles. The quantitative estimate of drug-likeness (QED) is 0.415. The summed E-state index contributed by atoms with van der Waals surface area (Å²) < 4.78 is 37.5. The molecule has 0 spiro atoms. The molecule has 0 aliphatic rings. The third-order valence-electron chi connectivity index (χ3n) is 4.11. The van der Waals surface area contributed by atoms with E-state index in [0.29, 0.717) is 30.9 Å². The Hall–Kier alpha value is -2.91. The molecule has 168 valence electrons. The summed E-state index contributed by atoms with van der Waals surface area (Å²) in [7, 11) is -3.59. The van der Waals surface area contributed by atoms with Gasteiger partial charge in [-0.15, -0.1) is 0 Å². The number of hydrogen-bond acceptors (Lipinski definition) is 7. The Morgan fingerprint density at radius 2 is 1.55 bits per heavy atom. The van der Waals surface area contributed by atoms with E-state index in [1.165, 1.54) is 12.1 Å². The summed E-state index contributed by atoms with van der Waals surface area (Å²) in [6, 6.07) is 13.4. The topological polar surface area (TPSA) is 108 Å². The zero-order chi connectivity index (χ0) is 22.9. The number of carbonyl (C=O) groups excluding carboxylic acids is 2. The van der Waals surface area contributed by atoms with Crippen molar-refractivity contribution >= 4 is 27.7 Å². The number of esters is 1. The summed E-state index contributed by atoms with van der Waals surface area (Å²) >= 11 is 0. The fourth-order valence-electron chi connectivity index (χ4n) is 2.81. The highest BCUT2D eigenvalue weighted by molar-refractivity contribution is 7.86. The number of hydrogen-bond donors (Lipinski definition) is 1. The molecule has 0 aliphatic heterocycles. The molecule has 0 fully saturated rings. The summed E-state index contributed by atoms with van der Waals surface area (Å²) in [6.45, 7) is 4.26. The van der Waals surface area contributed by atoms with Crippen molar-refractivity contribution in [2.24, 2.45) is 0 Å². The van der Waals surface area contributed by atoms with Gasteiger partial charge in [-0.3, -0.25) is 4.79 Å². The maximum Gasteiger partial charge on any atom is 0.335 e. The van der Waals surface area contributed by atoms with Gasteiger partial charge >= 0.3 is 16.1 Å². The SMILES string of the molecule is CCOC(=O)C(Cc1ccc(NC(=O)Cc2ccc(OS(C)(=O)=O)cc2)cc1)OCC. The third-order valence-corrected chi connectivity index (χ3v) is 4.61. The van der Waals surface area contributed by atoms with E-state index in [2.05, 4.69) is 5.32 Å². The summed E-state index contributed by atoms with van der Waals surface area (Å²) in [6.07, 6.45) is 0.798. The lowest BCUT2D eigenvalue weighted by atomic mass is 10.1. The first-order valence-corrected chi connectivity index (χ1v) is 11.7. The summed E-state index contributed by atoms with van der Waals surface area (Å²) in [5, 5.41) is 2.80. The molecule has 31 heavy (non-hydrogen) atoms. The van der Waals surface area contributed by atoms with Crippen LogP contribution >= 0.6 is 0 Å². The molecule has 2 rings (SSSR count). The van der Waals surface area contributed by atoms with Gasteiger partial charge in [0.1, 0.15) is 5.75 Å². The lowest BCUT2D eigenvalue weighted by Gasteiger charge is -2.15. The van der Waals surface area contributed by atoms with Crippen LogP contribution in [0.2, 0.25) is 0 Å². The Labute approximate surface area is 182 Å². The maximum atomic E-state index is 12.3.